The fraction of sp³-hybridized carbons (Fsp3) is 0.222. The Morgan fingerprint density at radius 2 is 1.71 bits per heavy atom. The third-order valence-electron chi connectivity index (χ3n) is 6.11. The second kappa shape index (κ2) is 10.3. The van der Waals surface area contributed by atoms with Crippen LogP contribution in [0.4, 0.5) is 17.1 Å². The van der Waals surface area contributed by atoms with Crippen molar-refractivity contribution in [1.29, 1.82) is 0 Å². The van der Waals surface area contributed by atoms with Gasteiger partial charge in [0.15, 0.2) is 0 Å². The second-order valence-electron chi connectivity index (χ2n) is 8.16. The molecule has 1 aliphatic rings. The lowest BCUT2D eigenvalue weighted by Gasteiger charge is -2.18. The van der Waals surface area contributed by atoms with Gasteiger partial charge in [-0.3, -0.25) is 14.9 Å². The summed E-state index contributed by atoms with van der Waals surface area (Å²) in [7, 11) is 0. The van der Waals surface area contributed by atoms with Gasteiger partial charge in [0.2, 0.25) is 0 Å². The number of carbonyl (C=O) groups is 1. The maximum atomic E-state index is 13.0. The Labute approximate surface area is 199 Å². The Morgan fingerprint density at radius 3 is 2.35 bits per heavy atom. The van der Waals surface area contributed by atoms with Gasteiger partial charge in [-0.25, -0.2) is 0 Å². The lowest BCUT2D eigenvalue weighted by atomic mass is 9.99. The van der Waals surface area contributed by atoms with Crippen molar-refractivity contribution in [3.63, 3.8) is 0 Å². The van der Waals surface area contributed by atoms with E-state index in [0.29, 0.717) is 22.5 Å². The van der Waals surface area contributed by atoms with Crippen LogP contribution in [0.25, 0.3) is 11.3 Å². The molecule has 1 amide bonds. The Hall–Kier alpha value is -3.97. The largest absolute Gasteiger partial charge is 0.354 e. The van der Waals surface area contributed by atoms with Gasteiger partial charge in [-0.05, 0) is 48.8 Å². The first-order valence-electron chi connectivity index (χ1n) is 11.5. The zero-order valence-corrected chi connectivity index (χ0v) is 19.4. The van der Waals surface area contributed by atoms with Crippen molar-refractivity contribution in [2.45, 2.75) is 20.3 Å². The van der Waals surface area contributed by atoms with Gasteiger partial charge in [0.1, 0.15) is 0 Å². The monoisotopic (exact) mass is 456 g/mol. The minimum absolute atomic E-state index is 0.0577. The van der Waals surface area contributed by atoms with Crippen molar-refractivity contribution < 1.29 is 9.72 Å². The Balaban J connectivity index is 1.70. The molecule has 0 unspecified atom stereocenters. The van der Waals surface area contributed by atoms with Gasteiger partial charge in [0, 0.05) is 35.6 Å². The highest BCUT2D eigenvalue weighted by Crippen LogP contribution is 2.39. The average Bonchev–Trinajstić information content (AvgIpc) is 3.19. The molecule has 0 aromatic heterocycles. The molecule has 0 atom stereocenters. The summed E-state index contributed by atoms with van der Waals surface area (Å²) in [6, 6.07) is 22.1. The van der Waals surface area contributed by atoms with Gasteiger partial charge in [-0.1, -0.05) is 56.3 Å². The van der Waals surface area contributed by atoms with E-state index in [1.807, 2.05) is 42.5 Å². The number of likely N-dealkylation sites (N-methyl/N-ethyl adjacent to an activating group) is 1. The smallest absolute Gasteiger partial charge is 0.270 e. The van der Waals surface area contributed by atoms with Gasteiger partial charge in [-0.15, -0.1) is 0 Å². The fourth-order valence-corrected chi connectivity index (χ4v) is 4.13. The number of anilines is 2. The quantitative estimate of drug-likeness (QED) is 0.255. The zero-order valence-electron chi connectivity index (χ0n) is 19.4. The maximum absolute atomic E-state index is 13.0. The number of nitro groups is 1. The van der Waals surface area contributed by atoms with Gasteiger partial charge >= 0.3 is 0 Å². The first-order chi connectivity index (χ1) is 16.5. The molecular formula is C27H28N4O3. The number of amides is 1. The highest BCUT2D eigenvalue weighted by Gasteiger charge is 2.30. The van der Waals surface area contributed by atoms with Crippen LogP contribution in [-0.4, -0.2) is 35.4 Å². The maximum Gasteiger partial charge on any atom is 0.270 e. The van der Waals surface area contributed by atoms with Crippen LogP contribution in [0.2, 0.25) is 0 Å². The van der Waals surface area contributed by atoms with Crippen LogP contribution in [-0.2, 0) is 11.2 Å². The first-order valence-corrected chi connectivity index (χ1v) is 11.5. The number of nitrogens with one attached hydrogen (secondary N) is 2. The van der Waals surface area contributed by atoms with E-state index in [2.05, 4.69) is 41.5 Å². The van der Waals surface area contributed by atoms with E-state index < -0.39 is 4.92 Å². The lowest BCUT2D eigenvalue weighted by Crippen LogP contribution is -2.25. The molecule has 0 radical (unpaired) electrons. The first kappa shape index (κ1) is 23.2. The minimum atomic E-state index is -0.451. The minimum Gasteiger partial charge on any atom is -0.354 e. The summed E-state index contributed by atoms with van der Waals surface area (Å²) in [5, 5.41) is 17.6. The molecule has 7 nitrogen and oxygen atoms in total. The Kier molecular flexibility index (Phi) is 7.04. The van der Waals surface area contributed by atoms with Crippen LogP contribution in [0.15, 0.2) is 72.8 Å². The number of fused-ring (bicyclic) bond motifs is 1. The van der Waals surface area contributed by atoms with Crippen molar-refractivity contribution in [2.75, 3.05) is 30.3 Å². The van der Waals surface area contributed by atoms with Crippen molar-refractivity contribution in [3.05, 3.63) is 99.6 Å². The molecule has 0 saturated heterocycles. The van der Waals surface area contributed by atoms with Crippen molar-refractivity contribution in [3.8, 4) is 0 Å². The van der Waals surface area contributed by atoms with Gasteiger partial charge < -0.3 is 15.5 Å². The molecule has 0 aliphatic carbocycles. The molecule has 7 heteroatoms. The van der Waals surface area contributed by atoms with Crippen molar-refractivity contribution >= 4 is 34.2 Å². The second-order valence-corrected chi connectivity index (χ2v) is 8.16. The molecule has 3 aromatic rings. The van der Waals surface area contributed by atoms with Crippen molar-refractivity contribution in [2.24, 2.45) is 0 Å². The average molecular weight is 457 g/mol. The van der Waals surface area contributed by atoms with Gasteiger partial charge in [0.25, 0.3) is 11.6 Å². The predicted octanol–water partition coefficient (Wildman–Crippen LogP) is 5.41. The number of rotatable bonds is 9. The van der Waals surface area contributed by atoms with Gasteiger partial charge in [-0.2, -0.15) is 0 Å². The highest BCUT2D eigenvalue weighted by molar-refractivity contribution is 6.37. The summed E-state index contributed by atoms with van der Waals surface area (Å²) in [6.07, 6.45) is 0.966. The number of hydrogen-bond donors (Lipinski definition) is 2. The molecule has 34 heavy (non-hydrogen) atoms. The summed E-state index contributed by atoms with van der Waals surface area (Å²) in [6.45, 7) is 7.41. The van der Waals surface area contributed by atoms with E-state index in [1.54, 1.807) is 6.07 Å². The number of benzene rings is 3. The number of hydrogen-bond acceptors (Lipinski definition) is 5. The van der Waals surface area contributed by atoms with Crippen LogP contribution >= 0.6 is 0 Å². The van der Waals surface area contributed by atoms with Gasteiger partial charge in [0.05, 0.1) is 16.2 Å². The predicted molar refractivity (Wildman–Crippen MR) is 137 cm³/mol. The number of nitrogens with zero attached hydrogens (tertiary/aromatic N) is 2. The Bertz CT molecular complexity index is 1220. The van der Waals surface area contributed by atoms with Crippen LogP contribution < -0.4 is 10.6 Å². The Morgan fingerprint density at radius 1 is 1.00 bits per heavy atom. The molecule has 0 saturated carbocycles. The number of nitro benzene ring substituents is 1. The third kappa shape index (κ3) is 5.00. The van der Waals surface area contributed by atoms with Crippen molar-refractivity contribution in [1.82, 2.24) is 4.90 Å². The molecule has 0 bridgehead atoms. The van der Waals surface area contributed by atoms with E-state index in [9.17, 15) is 14.9 Å². The fourth-order valence-electron chi connectivity index (χ4n) is 4.13. The van der Waals surface area contributed by atoms with E-state index in [4.69, 9.17) is 0 Å². The molecule has 4 rings (SSSR count). The van der Waals surface area contributed by atoms with E-state index in [1.165, 1.54) is 17.7 Å². The molecule has 0 spiro atoms. The molecular weight excluding hydrogens is 428 g/mol. The van der Waals surface area contributed by atoms with Crippen LogP contribution in [0.5, 0.6) is 0 Å². The topological polar surface area (TPSA) is 87.5 Å². The lowest BCUT2D eigenvalue weighted by molar-refractivity contribution is -0.384. The van der Waals surface area contributed by atoms with Crippen LogP contribution in [0.1, 0.15) is 30.5 Å². The van der Waals surface area contributed by atoms with Crippen LogP contribution in [0.3, 0.4) is 0 Å². The zero-order chi connectivity index (χ0) is 24.1. The molecule has 2 N–H and O–H groups in total. The molecule has 1 aliphatic heterocycles. The summed E-state index contributed by atoms with van der Waals surface area (Å²) in [5.74, 6) is -0.294. The molecule has 0 fully saturated rings. The number of carbonyl (C=O) groups excluding carboxylic acids is 1. The summed E-state index contributed by atoms with van der Waals surface area (Å²) in [4.78, 5) is 26.3. The van der Waals surface area contributed by atoms with E-state index >= 15 is 0 Å². The van der Waals surface area contributed by atoms with E-state index in [0.717, 1.165) is 37.3 Å². The molecule has 174 valence electrons. The molecule has 3 aromatic carbocycles. The SMILES string of the molecule is CCN(CC)CCc1ccc(N/C(=C2\C(=O)Nc3ccc([N+](=O)[O-])cc32)c2ccccc2)cc1. The summed E-state index contributed by atoms with van der Waals surface area (Å²) < 4.78 is 0. The van der Waals surface area contributed by atoms with E-state index in [-0.39, 0.29) is 11.6 Å². The number of non-ortho nitro benzene ring substituents is 1. The molecule has 1 heterocycles. The standard InChI is InChI=1S/C27H28N4O3/c1-3-30(4-2)17-16-19-10-12-21(13-11-19)28-26(20-8-6-5-7-9-20)25-23-18-22(31(33)34)14-15-24(23)29-27(25)32/h5-15,18,28H,3-4,16-17H2,1-2H3,(H,29,32)/b26-25-. The van der Waals surface area contributed by atoms with Crippen LogP contribution in [0, 0.1) is 10.1 Å². The third-order valence-corrected chi connectivity index (χ3v) is 6.11. The summed E-state index contributed by atoms with van der Waals surface area (Å²) in [5.41, 5.74) is 4.91. The summed E-state index contributed by atoms with van der Waals surface area (Å²) >= 11 is 0. The highest BCUT2D eigenvalue weighted by atomic mass is 16.6. The normalized spacial score (nSPS) is 14.0.